The van der Waals surface area contributed by atoms with Crippen LogP contribution in [0.2, 0.25) is 0 Å². The van der Waals surface area contributed by atoms with Crippen molar-refractivity contribution in [2.24, 2.45) is 0 Å². The van der Waals surface area contributed by atoms with Crippen LogP contribution >= 0.6 is 0 Å². The molecule has 0 aliphatic heterocycles. The molecule has 0 aromatic carbocycles. The monoisotopic (exact) mass is 294 g/mol. The van der Waals surface area contributed by atoms with Crippen LogP contribution in [0.4, 0.5) is 0 Å². The average Bonchev–Trinajstić information content (AvgIpc) is 2.50. The fourth-order valence-corrected chi connectivity index (χ4v) is 2.62. The van der Waals surface area contributed by atoms with Gasteiger partial charge in [-0.1, -0.05) is 76.9 Å². The first-order chi connectivity index (χ1) is 10.4. The van der Waals surface area contributed by atoms with Gasteiger partial charge in [-0.25, -0.2) is 0 Å². The number of hydrogen-bond donors (Lipinski definition) is 1. The molecule has 0 saturated carbocycles. The minimum atomic E-state index is 0.866. The van der Waals surface area contributed by atoms with Crippen LogP contribution in [0.25, 0.3) is 0 Å². The van der Waals surface area contributed by atoms with Crippen LogP contribution in [-0.4, -0.2) is 13.1 Å². The molecule has 0 rings (SSSR count). The molecule has 1 heteroatoms. The minimum absolute atomic E-state index is 0.866. The molecule has 125 valence electrons. The van der Waals surface area contributed by atoms with E-state index in [4.69, 9.17) is 0 Å². The highest BCUT2D eigenvalue weighted by Gasteiger charge is 1.91. The Morgan fingerprint density at radius 2 is 1.14 bits per heavy atom. The highest BCUT2D eigenvalue weighted by Crippen LogP contribution is 2.09. The topological polar surface area (TPSA) is 12.0 Å². The summed E-state index contributed by atoms with van der Waals surface area (Å²) in [4.78, 5) is 0. The van der Waals surface area contributed by atoms with Gasteiger partial charge >= 0.3 is 0 Å². The molecule has 1 N–H and O–H groups in total. The van der Waals surface area contributed by atoms with E-state index in [0.717, 1.165) is 13.1 Å². The Bertz CT molecular complexity index is 198. The van der Waals surface area contributed by atoms with Gasteiger partial charge in [0.15, 0.2) is 0 Å². The Morgan fingerprint density at radius 3 is 1.67 bits per heavy atom. The molecular formula is C20H40N. The molecule has 0 aromatic rings. The second-order valence-corrected chi connectivity index (χ2v) is 6.19. The van der Waals surface area contributed by atoms with Gasteiger partial charge in [0.25, 0.3) is 0 Å². The van der Waals surface area contributed by atoms with Gasteiger partial charge in [-0.05, 0) is 52.1 Å². The van der Waals surface area contributed by atoms with Gasteiger partial charge in [0.05, 0.1) is 0 Å². The van der Waals surface area contributed by atoms with Crippen molar-refractivity contribution in [3.63, 3.8) is 0 Å². The Morgan fingerprint density at radius 1 is 0.667 bits per heavy atom. The molecule has 0 atom stereocenters. The van der Waals surface area contributed by atoms with Gasteiger partial charge in [-0.2, -0.15) is 0 Å². The molecule has 0 heterocycles. The smallest absolute Gasteiger partial charge is 0.00484 e. The molecule has 0 aromatic heterocycles. The highest BCUT2D eigenvalue weighted by atomic mass is 14.8. The number of nitrogens with one attached hydrogen (secondary N) is 1. The maximum absolute atomic E-state index is 3.78. The van der Waals surface area contributed by atoms with E-state index in [-0.39, 0.29) is 0 Å². The van der Waals surface area contributed by atoms with E-state index in [2.05, 4.69) is 31.3 Å². The fraction of sp³-hybridized carbons (Fsp3) is 0.850. The summed E-state index contributed by atoms with van der Waals surface area (Å²) in [7, 11) is 0. The van der Waals surface area contributed by atoms with E-state index in [0.29, 0.717) is 0 Å². The molecule has 1 radical (unpaired) electrons. The quantitative estimate of drug-likeness (QED) is 0.240. The Balaban J connectivity index is 3.02. The van der Waals surface area contributed by atoms with Crippen LogP contribution in [-0.2, 0) is 0 Å². The van der Waals surface area contributed by atoms with Crippen LogP contribution < -0.4 is 5.32 Å². The average molecular weight is 295 g/mol. The largest absolute Gasteiger partial charge is 0.317 e. The maximum atomic E-state index is 3.78. The molecular weight excluding hydrogens is 254 g/mol. The summed E-state index contributed by atoms with van der Waals surface area (Å²) < 4.78 is 0. The third kappa shape index (κ3) is 19.7. The first kappa shape index (κ1) is 20.7. The lowest BCUT2D eigenvalue weighted by atomic mass is 10.1. The zero-order chi connectivity index (χ0) is 15.4. The van der Waals surface area contributed by atoms with E-state index >= 15 is 0 Å². The summed E-state index contributed by atoms with van der Waals surface area (Å²) in [5, 5.41) is 3.28. The zero-order valence-corrected chi connectivity index (χ0v) is 14.7. The van der Waals surface area contributed by atoms with Gasteiger partial charge in [-0.3, -0.25) is 0 Å². The van der Waals surface area contributed by atoms with Crippen molar-refractivity contribution in [1.29, 1.82) is 0 Å². The van der Waals surface area contributed by atoms with Gasteiger partial charge < -0.3 is 5.32 Å². The van der Waals surface area contributed by atoms with Crippen molar-refractivity contribution in [3.8, 4) is 0 Å². The van der Waals surface area contributed by atoms with Gasteiger partial charge in [-0.15, -0.1) is 0 Å². The number of rotatable bonds is 17. The first-order valence-electron chi connectivity index (χ1n) is 9.56. The second kappa shape index (κ2) is 19.7. The second-order valence-electron chi connectivity index (χ2n) is 6.19. The predicted molar refractivity (Wildman–Crippen MR) is 97.7 cm³/mol. The molecule has 0 aliphatic rings. The normalized spacial score (nSPS) is 11.5. The maximum Gasteiger partial charge on any atom is -0.00484 e. The molecule has 21 heavy (non-hydrogen) atoms. The van der Waals surface area contributed by atoms with E-state index in [9.17, 15) is 0 Å². The third-order valence-electron chi connectivity index (χ3n) is 4.04. The number of hydrogen-bond acceptors (Lipinski definition) is 1. The Hall–Kier alpha value is -0.300. The highest BCUT2D eigenvalue weighted by molar-refractivity contribution is 4.81. The first-order valence-corrected chi connectivity index (χ1v) is 9.56. The summed E-state index contributed by atoms with van der Waals surface area (Å²) in [5.41, 5.74) is 0. The molecule has 0 amide bonds. The van der Waals surface area contributed by atoms with Crippen LogP contribution in [0.1, 0.15) is 96.8 Å². The standard InChI is InChI=1S/C20H40N/c1-3-5-6-7-8-9-10-11-12-13-14-15-16-17-18-19-20-21-4-2/h11-12,21H,2-10,13-20H2,1H3/b12-11-. The van der Waals surface area contributed by atoms with Crippen LogP contribution in [0.5, 0.6) is 0 Å². The number of allylic oxidation sites excluding steroid dienone is 2. The van der Waals surface area contributed by atoms with Crippen LogP contribution in [0.15, 0.2) is 12.2 Å². The Kier molecular flexibility index (Phi) is 19.4. The van der Waals surface area contributed by atoms with Crippen molar-refractivity contribution in [2.45, 2.75) is 96.8 Å². The van der Waals surface area contributed by atoms with Gasteiger partial charge in [0.1, 0.15) is 0 Å². The van der Waals surface area contributed by atoms with E-state index in [1.54, 1.807) is 0 Å². The molecule has 0 aliphatic carbocycles. The van der Waals surface area contributed by atoms with E-state index < -0.39 is 0 Å². The van der Waals surface area contributed by atoms with Gasteiger partial charge in [0.2, 0.25) is 0 Å². The number of unbranched alkanes of at least 4 members (excludes halogenated alkanes) is 12. The molecule has 1 nitrogen and oxygen atoms in total. The lowest BCUT2D eigenvalue weighted by molar-refractivity contribution is 0.577. The van der Waals surface area contributed by atoms with E-state index in [1.807, 2.05) is 0 Å². The lowest BCUT2D eigenvalue weighted by Gasteiger charge is -2.01. The fourth-order valence-electron chi connectivity index (χ4n) is 2.62. The minimum Gasteiger partial charge on any atom is -0.317 e. The van der Waals surface area contributed by atoms with Crippen LogP contribution in [0.3, 0.4) is 0 Å². The van der Waals surface area contributed by atoms with Crippen LogP contribution in [0, 0.1) is 6.92 Å². The molecule has 0 unspecified atom stereocenters. The van der Waals surface area contributed by atoms with Crippen molar-refractivity contribution in [2.75, 3.05) is 13.1 Å². The van der Waals surface area contributed by atoms with Crippen molar-refractivity contribution in [1.82, 2.24) is 5.32 Å². The predicted octanol–water partition coefficient (Wildman–Crippen LogP) is 6.45. The Labute approximate surface area is 135 Å². The zero-order valence-electron chi connectivity index (χ0n) is 14.7. The summed E-state index contributed by atoms with van der Waals surface area (Å²) >= 11 is 0. The van der Waals surface area contributed by atoms with Gasteiger partial charge in [0, 0.05) is 0 Å². The van der Waals surface area contributed by atoms with Crippen molar-refractivity contribution >= 4 is 0 Å². The SMILES string of the molecule is [CH2]CNCCCCCCCC/C=C\CCCCCCCC. The molecule has 0 saturated heterocycles. The summed E-state index contributed by atoms with van der Waals surface area (Å²) in [5.74, 6) is 0. The lowest BCUT2D eigenvalue weighted by Crippen LogP contribution is -2.13. The molecule has 0 fully saturated rings. The summed E-state index contributed by atoms with van der Waals surface area (Å²) in [6.07, 6.45) is 24.2. The molecule has 0 spiro atoms. The van der Waals surface area contributed by atoms with E-state index in [1.165, 1.54) is 89.9 Å². The summed E-state index contributed by atoms with van der Waals surface area (Å²) in [6, 6.07) is 0. The van der Waals surface area contributed by atoms with Crippen molar-refractivity contribution < 1.29 is 0 Å². The van der Waals surface area contributed by atoms with Crippen molar-refractivity contribution in [3.05, 3.63) is 19.1 Å². The summed E-state index contributed by atoms with van der Waals surface area (Å²) in [6.45, 7) is 8.07. The third-order valence-corrected chi connectivity index (χ3v) is 4.04. The molecule has 0 bridgehead atoms.